The van der Waals surface area contributed by atoms with Gasteiger partial charge in [-0.3, -0.25) is 9.69 Å². The molecule has 2 heterocycles. The number of aromatic nitrogens is 2. The van der Waals surface area contributed by atoms with Crippen LogP contribution in [0.3, 0.4) is 0 Å². The van der Waals surface area contributed by atoms with Crippen molar-refractivity contribution in [3.05, 3.63) is 72.4 Å². The molecule has 2 aromatic carbocycles. The van der Waals surface area contributed by atoms with Gasteiger partial charge in [0, 0.05) is 30.3 Å². The van der Waals surface area contributed by atoms with E-state index in [4.69, 9.17) is 0 Å². The molecule has 0 bridgehead atoms. The Morgan fingerprint density at radius 3 is 2.59 bits per heavy atom. The van der Waals surface area contributed by atoms with Gasteiger partial charge in [-0.25, -0.2) is 4.68 Å². The molecule has 1 fully saturated rings. The molecule has 3 aromatic rings. The first-order chi connectivity index (χ1) is 13.1. The van der Waals surface area contributed by atoms with Crippen molar-refractivity contribution in [1.82, 2.24) is 20.0 Å². The van der Waals surface area contributed by atoms with E-state index in [0.29, 0.717) is 11.6 Å². The number of nitrogens with one attached hydrogen (secondary N) is 1. The average Bonchev–Trinajstić information content (AvgIpc) is 3.14. The largest absolute Gasteiger partial charge is 0.347 e. The van der Waals surface area contributed by atoms with E-state index in [1.807, 2.05) is 53.2 Å². The molecule has 5 nitrogen and oxygen atoms in total. The van der Waals surface area contributed by atoms with E-state index in [1.165, 1.54) is 0 Å². The van der Waals surface area contributed by atoms with Crippen LogP contribution >= 0.6 is 0 Å². The number of rotatable bonds is 5. The van der Waals surface area contributed by atoms with Gasteiger partial charge < -0.3 is 5.32 Å². The third-order valence-corrected chi connectivity index (χ3v) is 5.04. The summed E-state index contributed by atoms with van der Waals surface area (Å²) in [5.41, 5.74) is 3.63. The van der Waals surface area contributed by atoms with Gasteiger partial charge in [-0.05, 0) is 38.1 Å². The second-order valence-corrected chi connectivity index (χ2v) is 7.26. The van der Waals surface area contributed by atoms with E-state index in [-0.39, 0.29) is 11.9 Å². The lowest BCUT2D eigenvalue weighted by Crippen LogP contribution is -2.61. The van der Waals surface area contributed by atoms with E-state index in [2.05, 4.69) is 41.3 Å². The fraction of sp³-hybridized carbons (Fsp3) is 0.273. The van der Waals surface area contributed by atoms with Gasteiger partial charge in [0.05, 0.1) is 23.6 Å². The summed E-state index contributed by atoms with van der Waals surface area (Å²) in [6.45, 7) is 6.19. The van der Waals surface area contributed by atoms with Crippen LogP contribution in [0.5, 0.6) is 0 Å². The maximum Gasteiger partial charge on any atom is 0.251 e. The number of hydrogen-bond acceptors (Lipinski definition) is 3. The molecule has 1 aromatic heterocycles. The monoisotopic (exact) mass is 360 g/mol. The fourth-order valence-electron chi connectivity index (χ4n) is 3.41. The van der Waals surface area contributed by atoms with Gasteiger partial charge in [0.1, 0.15) is 0 Å². The molecule has 1 aliphatic heterocycles. The molecule has 1 N–H and O–H groups in total. The van der Waals surface area contributed by atoms with Gasteiger partial charge in [0.2, 0.25) is 0 Å². The van der Waals surface area contributed by atoms with Crippen molar-refractivity contribution in [2.45, 2.75) is 25.9 Å². The lowest BCUT2D eigenvalue weighted by atomic mass is 10.1. The number of amides is 1. The van der Waals surface area contributed by atoms with Crippen LogP contribution in [0.4, 0.5) is 0 Å². The van der Waals surface area contributed by atoms with Crippen LogP contribution in [-0.4, -0.2) is 45.8 Å². The number of benzene rings is 2. The van der Waals surface area contributed by atoms with E-state index < -0.39 is 0 Å². The van der Waals surface area contributed by atoms with Crippen molar-refractivity contribution in [3.8, 4) is 16.9 Å². The van der Waals surface area contributed by atoms with Gasteiger partial charge in [-0.1, -0.05) is 36.4 Å². The molecule has 0 atom stereocenters. The predicted octanol–water partition coefficient (Wildman–Crippen LogP) is 3.36. The van der Waals surface area contributed by atoms with Crippen molar-refractivity contribution < 1.29 is 4.79 Å². The standard InChI is InChI=1S/C22H24N4O/c1-16(2)25-14-19(15-25)24-22(27)18-9-6-10-20(13-18)26-21(11-12-23-26)17-7-4-3-5-8-17/h3-13,16,19H,14-15H2,1-2H3,(H,24,27). The molecule has 1 aliphatic rings. The van der Waals surface area contributed by atoms with Crippen molar-refractivity contribution >= 4 is 5.91 Å². The van der Waals surface area contributed by atoms with Crippen molar-refractivity contribution in [1.29, 1.82) is 0 Å². The molecule has 0 spiro atoms. The highest BCUT2D eigenvalue weighted by Gasteiger charge is 2.29. The first kappa shape index (κ1) is 17.5. The van der Waals surface area contributed by atoms with Gasteiger partial charge >= 0.3 is 0 Å². The van der Waals surface area contributed by atoms with Crippen LogP contribution in [0, 0.1) is 0 Å². The smallest absolute Gasteiger partial charge is 0.251 e. The molecule has 138 valence electrons. The maximum absolute atomic E-state index is 12.6. The minimum absolute atomic E-state index is 0.0290. The highest BCUT2D eigenvalue weighted by atomic mass is 16.1. The van der Waals surface area contributed by atoms with E-state index in [0.717, 1.165) is 30.0 Å². The molecule has 0 saturated carbocycles. The topological polar surface area (TPSA) is 50.2 Å². The first-order valence-corrected chi connectivity index (χ1v) is 9.36. The van der Waals surface area contributed by atoms with Gasteiger partial charge in [-0.2, -0.15) is 5.10 Å². The predicted molar refractivity (Wildman–Crippen MR) is 107 cm³/mol. The summed E-state index contributed by atoms with van der Waals surface area (Å²) in [5.74, 6) is -0.0290. The molecule has 27 heavy (non-hydrogen) atoms. The van der Waals surface area contributed by atoms with E-state index in [9.17, 15) is 4.79 Å². The van der Waals surface area contributed by atoms with Crippen LogP contribution in [0.2, 0.25) is 0 Å². The van der Waals surface area contributed by atoms with E-state index in [1.54, 1.807) is 6.20 Å². The lowest BCUT2D eigenvalue weighted by Gasteiger charge is -2.42. The Balaban J connectivity index is 1.52. The highest BCUT2D eigenvalue weighted by molar-refractivity contribution is 5.95. The van der Waals surface area contributed by atoms with Crippen molar-refractivity contribution in [2.24, 2.45) is 0 Å². The third kappa shape index (κ3) is 3.64. The van der Waals surface area contributed by atoms with Crippen LogP contribution in [0.15, 0.2) is 66.9 Å². The number of nitrogens with zero attached hydrogens (tertiary/aromatic N) is 3. The highest BCUT2D eigenvalue weighted by Crippen LogP contribution is 2.22. The number of carbonyl (C=O) groups excluding carboxylic acids is 1. The van der Waals surface area contributed by atoms with Crippen molar-refractivity contribution in [3.63, 3.8) is 0 Å². The Bertz CT molecular complexity index is 926. The first-order valence-electron chi connectivity index (χ1n) is 9.36. The Morgan fingerprint density at radius 1 is 1.07 bits per heavy atom. The minimum atomic E-state index is -0.0290. The molecular weight excluding hydrogens is 336 g/mol. The van der Waals surface area contributed by atoms with Crippen LogP contribution < -0.4 is 5.32 Å². The molecule has 4 rings (SSSR count). The van der Waals surface area contributed by atoms with Gasteiger partial charge in [0.15, 0.2) is 0 Å². The van der Waals surface area contributed by atoms with Crippen molar-refractivity contribution in [2.75, 3.05) is 13.1 Å². The second-order valence-electron chi connectivity index (χ2n) is 7.26. The lowest BCUT2D eigenvalue weighted by molar-refractivity contribution is 0.0714. The van der Waals surface area contributed by atoms with E-state index >= 15 is 0 Å². The normalized spacial score (nSPS) is 14.9. The Hall–Kier alpha value is -2.92. The molecule has 0 unspecified atom stereocenters. The molecule has 0 radical (unpaired) electrons. The summed E-state index contributed by atoms with van der Waals surface area (Å²) >= 11 is 0. The average molecular weight is 360 g/mol. The Kier molecular flexibility index (Phi) is 4.77. The zero-order chi connectivity index (χ0) is 18.8. The zero-order valence-corrected chi connectivity index (χ0v) is 15.7. The summed E-state index contributed by atoms with van der Waals surface area (Å²) in [4.78, 5) is 15.0. The number of hydrogen-bond donors (Lipinski definition) is 1. The quantitative estimate of drug-likeness (QED) is 0.759. The minimum Gasteiger partial charge on any atom is -0.347 e. The Morgan fingerprint density at radius 2 is 1.85 bits per heavy atom. The summed E-state index contributed by atoms with van der Waals surface area (Å²) in [6.07, 6.45) is 1.78. The maximum atomic E-state index is 12.6. The van der Waals surface area contributed by atoms with Crippen LogP contribution in [0.25, 0.3) is 16.9 Å². The molecular formula is C22H24N4O. The van der Waals surface area contributed by atoms with Gasteiger partial charge in [0.25, 0.3) is 5.91 Å². The summed E-state index contributed by atoms with van der Waals surface area (Å²) < 4.78 is 1.87. The second kappa shape index (κ2) is 7.37. The number of likely N-dealkylation sites (tertiary alicyclic amines) is 1. The molecule has 0 aliphatic carbocycles. The summed E-state index contributed by atoms with van der Waals surface area (Å²) in [6, 6.07) is 20.5. The fourth-order valence-corrected chi connectivity index (χ4v) is 3.41. The zero-order valence-electron chi connectivity index (χ0n) is 15.7. The Labute approximate surface area is 159 Å². The molecule has 1 saturated heterocycles. The summed E-state index contributed by atoms with van der Waals surface area (Å²) in [7, 11) is 0. The SMILES string of the molecule is CC(C)N1CC(NC(=O)c2cccc(-n3nccc3-c3ccccc3)c2)C1. The third-order valence-electron chi connectivity index (χ3n) is 5.04. The molecule has 1 amide bonds. The van der Waals surface area contributed by atoms with Gasteiger partial charge in [-0.15, -0.1) is 0 Å². The molecule has 5 heteroatoms. The summed E-state index contributed by atoms with van der Waals surface area (Å²) in [5, 5.41) is 7.59. The van der Waals surface area contributed by atoms with Crippen LogP contribution in [0.1, 0.15) is 24.2 Å². The number of carbonyl (C=O) groups is 1. The van der Waals surface area contributed by atoms with Crippen LogP contribution in [-0.2, 0) is 0 Å².